The van der Waals surface area contributed by atoms with Gasteiger partial charge in [-0.2, -0.15) is 0 Å². The van der Waals surface area contributed by atoms with Gasteiger partial charge < -0.3 is 14.9 Å². The summed E-state index contributed by atoms with van der Waals surface area (Å²) in [4.78, 5) is 21.4. The summed E-state index contributed by atoms with van der Waals surface area (Å²) < 4.78 is 4.57. The lowest BCUT2D eigenvalue weighted by Gasteiger charge is -2.10. The number of aliphatic hydroxyl groups is 1. The van der Waals surface area contributed by atoms with Crippen molar-refractivity contribution in [2.24, 2.45) is 0 Å². The fraction of sp³-hybridized carbons (Fsp3) is 0.900. The van der Waals surface area contributed by atoms with E-state index in [9.17, 15) is 14.7 Å². The zero-order valence-corrected chi connectivity index (χ0v) is 16.0. The highest BCUT2D eigenvalue weighted by Crippen LogP contribution is 2.14. The number of rotatable bonds is 18. The third kappa shape index (κ3) is 19.1. The van der Waals surface area contributed by atoms with Crippen molar-refractivity contribution in [2.75, 3.05) is 6.61 Å². The molecule has 1 atom stereocenters. The number of ether oxygens (including phenoxy) is 1. The Morgan fingerprint density at radius 3 is 1.80 bits per heavy atom. The topological polar surface area (TPSA) is 83.8 Å². The first kappa shape index (κ1) is 23.9. The standard InChI is InChI=1S/C20H38O5/c1-2-3-4-11-14-18(21)15-12-9-7-5-6-8-10-13-16-20(24)25-17-19(22)23/h18,21H,2-17H2,1H3,(H,22,23)/t18-/m1/s1. The molecule has 0 saturated heterocycles. The molecule has 0 saturated carbocycles. The van der Waals surface area contributed by atoms with E-state index in [2.05, 4.69) is 11.7 Å². The molecule has 0 bridgehead atoms. The van der Waals surface area contributed by atoms with Gasteiger partial charge in [-0.15, -0.1) is 0 Å². The van der Waals surface area contributed by atoms with E-state index in [4.69, 9.17) is 5.11 Å². The van der Waals surface area contributed by atoms with Crippen molar-refractivity contribution in [3.8, 4) is 0 Å². The SMILES string of the molecule is CCCCCC[C@@H](O)CCCCCCCCCCC(=O)OCC(=O)O. The molecule has 2 N–H and O–H groups in total. The molecule has 0 spiro atoms. The first-order valence-electron chi connectivity index (χ1n) is 10.1. The lowest BCUT2D eigenvalue weighted by Crippen LogP contribution is -2.12. The van der Waals surface area contributed by atoms with Crippen molar-refractivity contribution in [3.63, 3.8) is 0 Å². The summed E-state index contributed by atoms with van der Waals surface area (Å²) in [6.07, 6.45) is 15.7. The van der Waals surface area contributed by atoms with Gasteiger partial charge in [0, 0.05) is 6.42 Å². The Hall–Kier alpha value is -1.10. The predicted molar refractivity (Wildman–Crippen MR) is 99.5 cm³/mol. The number of aliphatic carboxylic acids is 1. The zero-order valence-electron chi connectivity index (χ0n) is 16.0. The molecule has 0 unspecified atom stereocenters. The van der Waals surface area contributed by atoms with Crippen LogP contribution in [0, 0.1) is 0 Å². The van der Waals surface area contributed by atoms with E-state index in [-0.39, 0.29) is 6.10 Å². The van der Waals surface area contributed by atoms with Gasteiger partial charge >= 0.3 is 11.9 Å². The molecule has 0 heterocycles. The minimum absolute atomic E-state index is 0.113. The molecule has 0 aliphatic carbocycles. The third-order valence-electron chi connectivity index (χ3n) is 4.42. The molecule has 5 heteroatoms. The van der Waals surface area contributed by atoms with Gasteiger partial charge in [0.05, 0.1) is 6.10 Å². The summed E-state index contributed by atoms with van der Waals surface area (Å²) in [5, 5.41) is 18.3. The second kappa shape index (κ2) is 17.7. The second-order valence-corrected chi connectivity index (χ2v) is 6.92. The summed E-state index contributed by atoms with van der Waals surface area (Å²) in [7, 11) is 0. The van der Waals surface area contributed by atoms with Crippen molar-refractivity contribution >= 4 is 11.9 Å². The van der Waals surface area contributed by atoms with Gasteiger partial charge in [0.1, 0.15) is 0 Å². The molecule has 25 heavy (non-hydrogen) atoms. The first-order valence-corrected chi connectivity index (χ1v) is 10.1. The molecule has 5 nitrogen and oxygen atoms in total. The van der Waals surface area contributed by atoms with Crippen LogP contribution in [0.2, 0.25) is 0 Å². The monoisotopic (exact) mass is 358 g/mol. The van der Waals surface area contributed by atoms with Crippen LogP contribution < -0.4 is 0 Å². The van der Waals surface area contributed by atoms with E-state index in [1.54, 1.807) is 0 Å². The van der Waals surface area contributed by atoms with Gasteiger partial charge in [-0.3, -0.25) is 4.79 Å². The highest BCUT2D eigenvalue weighted by Gasteiger charge is 2.05. The van der Waals surface area contributed by atoms with Crippen molar-refractivity contribution < 1.29 is 24.5 Å². The predicted octanol–water partition coefficient (Wildman–Crippen LogP) is 4.85. The minimum atomic E-state index is -1.11. The largest absolute Gasteiger partial charge is 0.479 e. The Bertz CT molecular complexity index is 330. The number of hydrogen-bond acceptors (Lipinski definition) is 4. The molecule has 0 radical (unpaired) electrons. The lowest BCUT2D eigenvalue weighted by atomic mass is 10.0. The van der Waals surface area contributed by atoms with Gasteiger partial charge in [0.15, 0.2) is 6.61 Å². The van der Waals surface area contributed by atoms with Crippen LogP contribution >= 0.6 is 0 Å². The van der Waals surface area contributed by atoms with Gasteiger partial charge in [0.25, 0.3) is 0 Å². The van der Waals surface area contributed by atoms with Crippen LogP contribution in [-0.2, 0) is 14.3 Å². The Morgan fingerprint density at radius 1 is 0.800 bits per heavy atom. The average Bonchev–Trinajstić information content (AvgIpc) is 2.58. The van der Waals surface area contributed by atoms with Crippen LogP contribution in [0.3, 0.4) is 0 Å². The quantitative estimate of drug-likeness (QED) is 0.270. The van der Waals surface area contributed by atoms with E-state index >= 15 is 0 Å². The summed E-state index contributed by atoms with van der Waals surface area (Å²) in [5.41, 5.74) is 0. The van der Waals surface area contributed by atoms with Gasteiger partial charge in [-0.25, -0.2) is 4.79 Å². The summed E-state index contributed by atoms with van der Waals surface area (Å²) >= 11 is 0. The molecular formula is C20H38O5. The van der Waals surface area contributed by atoms with Crippen LogP contribution in [0.4, 0.5) is 0 Å². The molecule has 0 aromatic heterocycles. The number of carbonyl (C=O) groups excluding carboxylic acids is 1. The molecule has 0 amide bonds. The van der Waals surface area contributed by atoms with E-state index in [0.717, 1.165) is 44.9 Å². The highest BCUT2D eigenvalue weighted by atomic mass is 16.5. The Labute approximate surface area is 153 Å². The number of carboxylic acid groups (broad SMARTS) is 1. The van der Waals surface area contributed by atoms with Crippen LogP contribution in [0.5, 0.6) is 0 Å². The Balaban J connectivity index is 3.23. The van der Waals surface area contributed by atoms with E-state index in [1.165, 1.54) is 44.9 Å². The van der Waals surface area contributed by atoms with Crippen molar-refractivity contribution in [3.05, 3.63) is 0 Å². The van der Waals surface area contributed by atoms with Crippen LogP contribution in [0.25, 0.3) is 0 Å². The lowest BCUT2D eigenvalue weighted by molar-refractivity contribution is -0.155. The second-order valence-electron chi connectivity index (χ2n) is 6.92. The van der Waals surface area contributed by atoms with E-state index in [0.29, 0.717) is 6.42 Å². The molecule has 0 aliphatic heterocycles. The average molecular weight is 359 g/mol. The molecule has 0 aromatic rings. The smallest absolute Gasteiger partial charge is 0.341 e. The zero-order chi connectivity index (χ0) is 18.8. The van der Waals surface area contributed by atoms with E-state index < -0.39 is 18.5 Å². The number of carboxylic acids is 1. The first-order chi connectivity index (χ1) is 12.1. The number of aliphatic hydroxyl groups excluding tert-OH is 1. The van der Waals surface area contributed by atoms with Crippen LogP contribution in [-0.4, -0.2) is 34.9 Å². The molecule has 148 valence electrons. The van der Waals surface area contributed by atoms with Gasteiger partial charge in [-0.1, -0.05) is 77.6 Å². The summed E-state index contributed by atoms with van der Waals surface area (Å²) in [6.45, 7) is 1.67. The normalized spacial score (nSPS) is 12.1. The van der Waals surface area contributed by atoms with Crippen molar-refractivity contribution in [2.45, 2.75) is 109 Å². The number of hydrogen-bond donors (Lipinski definition) is 2. The maximum absolute atomic E-state index is 11.2. The maximum Gasteiger partial charge on any atom is 0.341 e. The fourth-order valence-electron chi connectivity index (χ4n) is 2.88. The number of unbranched alkanes of at least 4 members (excludes halogenated alkanes) is 10. The molecule has 0 fully saturated rings. The highest BCUT2D eigenvalue weighted by molar-refractivity contribution is 5.75. The van der Waals surface area contributed by atoms with Crippen molar-refractivity contribution in [1.82, 2.24) is 0 Å². The van der Waals surface area contributed by atoms with Crippen molar-refractivity contribution in [1.29, 1.82) is 0 Å². The van der Waals surface area contributed by atoms with E-state index in [1.807, 2.05) is 0 Å². The Morgan fingerprint density at radius 2 is 1.28 bits per heavy atom. The van der Waals surface area contributed by atoms with Gasteiger partial charge in [0.2, 0.25) is 0 Å². The van der Waals surface area contributed by atoms with Crippen LogP contribution in [0.15, 0.2) is 0 Å². The van der Waals surface area contributed by atoms with Gasteiger partial charge in [-0.05, 0) is 19.3 Å². The fourth-order valence-corrected chi connectivity index (χ4v) is 2.88. The molecular weight excluding hydrogens is 320 g/mol. The summed E-state index contributed by atoms with van der Waals surface area (Å²) in [5.74, 6) is -1.53. The Kier molecular flexibility index (Phi) is 16.9. The number of carbonyl (C=O) groups is 2. The summed E-state index contributed by atoms with van der Waals surface area (Å²) in [6, 6.07) is 0. The number of esters is 1. The third-order valence-corrected chi connectivity index (χ3v) is 4.42. The molecule has 0 rings (SSSR count). The minimum Gasteiger partial charge on any atom is -0.479 e. The van der Waals surface area contributed by atoms with Crippen LogP contribution in [0.1, 0.15) is 103 Å². The maximum atomic E-state index is 11.2. The molecule has 0 aromatic carbocycles. The molecule has 0 aliphatic rings.